The number of aromatic amines is 1. The second-order valence-corrected chi connectivity index (χ2v) is 4.90. The van der Waals surface area contributed by atoms with Gasteiger partial charge < -0.3 is 15.0 Å². The minimum absolute atomic E-state index is 0.735. The summed E-state index contributed by atoms with van der Waals surface area (Å²) in [5.41, 5.74) is 1.90. The molecule has 0 aliphatic carbocycles. The topological polar surface area (TPSA) is 79.0 Å². The molecule has 100 valence electrons. The molecule has 0 atom stereocenters. The molecule has 1 saturated heterocycles. The van der Waals surface area contributed by atoms with Gasteiger partial charge in [0.05, 0.1) is 24.3 Å². The minimum Gasteiger partial charge on any atom is -0.378 e. The van der Waals surface area contributed by atoms with E-state index in [4.69, 9.17) is 4.74 Å². The lowest BCUT2D eigenvalue weighted by Gasteiger charge is -2.27. The van der Waals surface area contributed by atoms with Crippen LogP contribution in [0.1, 0.15) is 12.1 Å². The molecule has 0 amide bonds. The fourth-order valence-corrected chi connectivity index (χ4v) is 2.66. The second kappa shape index (κ2) is 4.34. The molecule has 0 radical (unpaired) electrons. The van der Waals surface area contributed by atoms with Gasteiger partial charge in [0.25, 0.3) is 0 Å². The normalized spacial score (nSPS) is 19.3. The first-order valence-electron chi connectivity index (χ1n) is 6.73. The average Bonchev–Trinajstić information content (AvgIpc) is 2.75. The molecule has 0 saturated carbocycles. The van der Waals surface area contributed by atoms with Crippen molar-refractivity contribution in [2.75, 3.05) is 43.1 Å². The number of rotatable bonds is 1. The number of ether oxygens (including phenoxy) is 1. The van der Waals surface area contributed by atoms with Crippen molar-refractivity contribution in [3.8, 4) is 0 Å². The SMILES string of the molecule is C1CNc2nc(N3CCOCC3)nc3[nH]nc(c23)C1. The lowest BCUT2D eigenvalue weighted by atomic mass is 10.2. The third-order valence-electron chi connectivity index (χ3n) is 3.66. The van der Waals surface area contributed by atoms with E-state index in [2.05, 4.69) is 30.4 Å². The van der Waals surface area contributed by atoms with E-state index in [-0.39, 0.29) is 0 Å². The standard InChI is InChI=1S/C12H16N6O/c1-2-8-9-10(13-3-1)14-12(15-11(9)17-16-8)18-4-6-19-7-5-18/h1-7H2,(H2,13,14,15,16,17). The molecule has 7 nitrogen and oxygen atoms in total. The van der Waals surface area contributed by atoms with Gasteiger partial charge in [0.2, 0.25) is 5.95 Å². The van der Waals surface area contributed by atoms with E-state index in [0.29, 0.717) is 0 Å². The van der Waals surface area contributed by atoms with E-state index < -0.39 is 0 Å². The van der Waals surface area contributed by atoms with E-state index in [9.17, 15) is 0 Å². The Morgan fingerprint density at radius 3 is 2.95 bits per heavy atom. The van der Waals surface area contributed by atoms with Gasteiger partial charge in [-0.05, 0) is 12.8 Å². The maximum atomic E-state index is 5.37. The number of nitrogens with one attached hydrogen (secondary N) is 2. The predicted molar refractivity (Wildman–Crippen MR) is 71.5 cm³/mol. The number of aryl methyl sites for hydroxylation is 1. The first-order chi connectivity index (χ1) is 9.42. The van der Waals surface area contributed by atoms with Crippen LogP contribution in [0.15, 0.2) is 0 Å². The van der Waals surface area contributed by atoms with Crippen molar-refractivity contribution >= 4 is 22.8 Å². The van der Waals surface area contributed by atoms with Crippen LogP contribution < -0.4 is 10.2 Å². The van der Waals surface area contributed by atoms with Crippen molar-refractivity contribution in [2.24, 2.45) is 0 Å². The molecule has 2 N–H and O–H groups in total. The summed E-state index contributed by atoms with van der Waals surface area (Å²) in [6, 6.07) is 0. The minimum atomic E-state index is 0.735. The molecule has 0 bridgehead atoms. The molecule has 0 aromatic carbocycles. The first-order valence-corrected chi connectivity index (χ1v) is 6.73. The Labute approximate surface area is 110 Å². The van der Waals surface area contributed by atoms with Crippen LogP contribution in [-0.4, -0.2) is 53.0 Å². The molecule has 4 rings (SSSR count). The molecular weight excluding hydrogens is 244 g/mol. The highest BCUT2D eigenvalue weighted by Gasteiger charge is 2.21. The molecular formula is C12H16N6O. The van der Waals surface area contributed by atoms with Crippen molar-refractivity contribution in [3.05, 3.63) is 5.69 Å². The summed E-state index contributed by atoms with van der Waals surface area (Å²) in [5.74, 6) is 1.67. The number of morpholine rings is 1. The summed E-state index contributed by atoms with van der Waals surface area (Å²) >= 11 is 0. The number of anilines is 2. The van der Waals surface area contributed by atoms with Crippen LogP contribution in [0.4, 0.5) is 11.8 Å². The number of aromatic nitrogens is 4. The van der Waals surface area contributed by atoms with Gasteiger partial charge in [-0.25, -0.2) is 0 Å². The van der Waals surface area contributed by atoms with Crippen LogP contribution in [0.25, 0.3) is 11.0 Å². The van der Waals surface area contributed by atoms with Crippen LogP contribution >= 0.6 is 0 Å². The molecule has 2 aromatic heterocycles. The van der Waals surface area contributed by atoms with Crippen LogP contribution in [-0.2, 0) is 11.2 Å². The molecule has 19 heavy (non-hydrogen) atoms. The Balaban J connectivity index is 1.82. The van der Waals surface area contributed by atoms with E-state index in [1.165, 1.54) is 0 Å². The molecule has 1 fully saturated rings. The Morgan fingerprint density at radius 2 is 2.05 bits per heavy atom. The van der Waals surface area contributed by atoms with Crippen LogP contribution in [0.2, 0.25) is 0 Å². The zero-order valence-electron chi connectivity index (χ0n) is 10.6. The number of hydrogen-bond acceptors (Lipinski definition) is 6. The van der Waals surface area contributed by atoms with Crippen LogP contribution in [0.3, 0.4) is 0 Å². The highest BCUT2D eigenvalue weighted by molar-refractivity contribution is 5.90. The van der Waals surface area contributed by atoms with Crippen molar-refractivity contribution in [2.45, 2.75) is 12.8 Å². The summed E-state index contributed by atoms with van der Waals surface area (Å²) < 4.78 is 5.37. The molecule has 2 aromatic rings. The molecule has 7 heteroatoms. The summed E-state index contributed by atoms with van der Waals surface area (Å²) in [6.45, 7) is 4.08. The Morgan fingerprint density at radius 1 is 1.16 bits per heavy atom. The maximum absolute atomic E-state index is 5.37. The van der Waals surface area contributed by atoms with Gasteiger partial charge in [0, 0.05) is 19.6 Å². The Bertz CT molecular complexity index is 604. The van der Waals surface area contributed by atoms with E-state index in [1.54, 1.807) is 0 Å². The van der Waals surface area contributed by atoms with Gasteiger partial charge in [-0.2, -0.15) is 15.1 Å². The molecule has 0 unspecified atom stereocenters. The van der Waals surface area contributed by atoms with Crippen molar-refractivity contribution in [1.82, 2.24) is 20.2 Å². The first kappa shape index (κ1) is 11.0. The van der Waals surface area contributed by atoms with Gasteiger partial charge in [-0.15, -0.1) is 0 Å². The zero-order chi connectivity index (χ0) is 12.7. The van der Waals surface area contributed by atoms with Crippen molar-refractivity contribution < 1.29 is 4.74 Å². The third kappa shape index (κ3) is 1.81. The zero-order valence-corrected chi connectivity index (χ0v) is 10.6. The smallest absolute Gasteiger partial charge is 0.229 e. The van der Waals surface area contributed by atoms with Gasteiger partial charge in [-0.3, -0.25) is 5.10 Å². The predicted octanol–water partition coefficient (Wildman–Crippen LogP) is 0.548. The van der Waals surface area contributed by atoms with E-state index in [1.807, 2.05) is 0 Å². The quantitative estimate of drug-likeness (QED) is 0.779. The fourth-order valence-electron chi connectivity index (χ4n) is 2.66. The summed E-state index contributed by atoms with van der Waals surface area (Å²) in [4.78, 5) is 11.4. The summed E-state index contributed by atoms with van der Waals surface area (Å²) in [6.07, 6.45) is 2.05. The van der Waals surface area contributed by atoms with E-state index >= 15 is 0 Å². The maximum Gasteiger partial charge on any atom is 0.229 e. The average molecular weight is 260 g/mol. The van der Waals surface area contributed by atoms with E-state index in [0.717, 1.165) is 74.2 Å². The largest absolute Gasteiger partial charge is 0.378 e. The molecule has 4 heterocycles. The van der Waals surface area contributed by atoms with Gasteiger partial charge in [-0.1, -0.05) is 0 Å². The number of H-pyrrole nitrogens is 1. The third-order valence-corrected chi connectivity index (χ3v) is 3.66. The highest BCUT2D eigenvalue weighted by Crippen LogP contribution is 2.28. The lowest BCUT2D eigenvalue weighted by Crippen LogP contribution is -2.37. The lowest BCUT2D eigenvalue weighted by molar-refractivity contribution is 0.122. The van der Waals surface area contributed by atoms with Gasteiger partial charge >= 0.3 is 0 Å². The monoisotopic (exact) mass is 260 g/mol. The van der Waals surface area contributed by atoms with Crippen molar-refractivity contribution in [1.29, 1.82) is 0 Å². The summed E-state index contributed by atoms with van der Waals surface area (Å²) in [7, 11) is 0. The number of hydrogen-bond donors (Lipinski definition) is 2. The van der Waals surface area contributed by atoms with Gasteiger partial charge in [0.1, 0.15) is 5.82 Å². The molecule has 2 aliphatic heterocycles. The number of nitrogens with zero attached hydrogens (tertiary/aromatic N) is 4. The molecule has 2 aliphatic rings. The van der Waals surface area contributed by atoms with Crippen molar-refractivity contribution in [3.63, 3.8) is 0 Å². The van der Waals surface area contributed by atoms with Gasteiger partial charge in [0.15, 0.2) is 5.65 Å². The second-order valence-electron chi connectivity index (χ2n) is 4.90. The Kier molecular flexibility index (Phi) is 2.51. The molecule has 0 spiro atoms. The summed E-state index contributed by atoms with van der Waals surface area (Å²) in [5, 5.41) is 11.8. The van der Waals surface area contributed by atoms with Crippen LogP contribution in [0, 0.1) is 0 Å². The fraction of sp³-hybridized carbons (Fsp3) is 0.583. The Hall–Kier alpha value is -1.89. The highest BCUT2D eigenvalue weighted by atomic mass is 16.5. The van der Waals surface area contributed by atoms with Crippen LogP contribution in [0.5, 0.6) is 0 Å².